The molecule has 0 unspecified atom stereocenters. The number of amides is 1. The van der Waals surface area contributed by atoms with Gasteiger partial charge in [0.2, 0.25) is 5.91 Å². The molecule has 0 aliphatic carbocycles. The highest BCUT2D eigenvalue weighted by Crippen LogP contribution is 2.28. The summed E-state index contributed by atoms with van der Waals surface area (Å²) in [5, 5.41) is 1.07. The molecule has 2 aromatic rings. The van der Waals surface area contributed by atoms with Crippen LogP contribution in [0.1, 0.15) is 16.8 Å². The molecule has 1 aliphatic heterocycles. The smallest absolute Gasteiger partial charge is 0.219 e. The number of halogens is 1. The molecule has 1 fully saturated rings. The van der Waals surface area contributed by atoms with Crippen LogP contribution in [0, 0.1) is 12.7 Å². The molecule has 3 rings (SSSR count). The van der Waals surface area contributed by atoms with Crippen LogP contribution in [-0.2, 0) is 11.3 Å². The predicted molar refractivity (Wildman–Crippen MR) is 89.8 cm³/mol. The van der Waals surface area contributed by atoms with Gasteiger partial charge in [-0.15, -0.1) is 11.3 Å². The second-order valence-electron chi connectivity index (χ2n) is 5.80. The van der Waals surface area contributed by atoms with E-state index in [1.165, 1.54) is 12.1 Å². The van der Waals surface area contributed by atoms with E-state index in [0.29, 0.717) is 0 Å². The maximum Gasteiger partial charge on any atom is 0.219 e. The molecule has 122 valence electrons. The second kappa shape index (κ2) is 6.76. The largest absolute Gasteiger partial charge is 0.340 e. The Kier molecular flexibility index (Phi) is 4.73. The van der Waals surface area contributed by atoms with Crippen molar-refractivity contribution < 1.29 is 9.18 Å². The van der Waals surface area contributed by atoms with Gasteiger partial charge >= 0.3 is 0 Å². The molecule has 1 saturated heterocycles. The number of hydrogen-bond donors (Lipinski definition) is 0. The van der Waals surface area contributed by atoms with Crippen LogP contribution in [0.4, 0.5) is 4.39 Å². The summed E-state index contributed by atoms with van der Waals surface area (Å²) in [7, 11) is 0. The number of hydrogen-bond acceptors (Lipinski definition) is 4. The number of carbonyl (C=O) groups is 1. The minimum absolute atomic E-state index is 0.147. The van der Waals surface area contributed by atoms with E-state index < -0.39 is 0 Å². The van der Waals surface area contributed by atoms with Gasteiger partial charge in [0, 0.05) is 43.5 Å². The molecule has 2 heterocycles. The molecule has 0 spiro atoms. The summed E-state index contributed by atoms with van der Waals surface area (Å²) >= 11 is 1.69. The van der Waals surface area contributed by atoms with Crippen LogP contribution in [0.2, 0.25) is 0 Å². The van der Waals surface area contributed by atoms with Gasteiger partial charge in [0.1, 0.15) is 10.8 Å². The third-order valence-corrected chi connectivity index (χ3v) is 5.09. The highest BCUT2D eigenvalue weighted by Gasteiger charge is 2.20. The summed E-state index contributed by atoms with van der Waals surface area (Å²) in [4.78, 5) is 21.5. The van der Waals surface area contributed by atoms with Crippen molar-refractivity contribution in [3.8, 4) is 11.3 Å². The third kappa shape index (κ3) is 3.76. The molecule has 6 heteroatoms. The predicted octanol–water partition coefficient (Wildman–Crippen LogP) is 2.92. The molecule has 0 saturated carbocycles. The molecule has 0 N–H and O–H groups in total. The quantitative estimate of drug-likeness (QED) is 0.866. The van der Waals surface area contributed by atoms with Crippen LogP contribution < -0.4 is 0 Å². The van der Waals surface area contributed by atoms with Crippen LogP contribution >= 0.6 is 11.3 Å². The van der Waals surface area contributed by atoms with Crippen molar-refractivity contribution in [3.05, 3.63) is 40.0 Å². The van der Waals surface area contributed by atoms with Gasteiger partial charge < -0.3 is 4.90 Å². The summed E-state index contributed by atoms with van der Waals surface area (Å²) in [6.45, 7) is 7.80. The van der Waals surface area contributed by atoms with Gasteiger partial charge in [0.25, 0.3) is 0 Å². The number of rotatable bonds is 3. The van der Waals surface area contributed by atoms with Gasteiger partial charge in [-0.05, 0) is 31.2 Å². The Hall–Kier alpha value is -1.79. The Morgan fingerprint density at radius 2 is 1.87 bits per heavy atom. The Morgan fingerprint density at radius 3 is 2.48 bits per heavy atom. The van der Waals surface area contributed by atoms with E-state index in [2.05, 4.69) is 4.90 Å². The van der Waals surface area contributed by atoms with E-state index in [9.17, 15) is 9.18 Å². The summed E-state index contributed by atoms with van der Waals surface area (Å²) in [6, 6.07) is 6.48. The summed E-state index contributed by atoms with van der Waals surface area (Å²) < 4.78 is 13.1. The maximum absolute atomic E-state index is 13.1. The summed E-state index contributed by atoms with van der Waals surface area (Å²) in [5.74, 6) is -0.0847. The van der Waals surface area contributed by atoms with Crippen molar-refractivity contribution in [1.82, 2.24) is 14.8 Å². The van der Waals surface area contributed by atoms with Crippen LogP contribution in [-0.4, -0.2) is 46.9 Å². The standard InChI is InChI=1S/C17H20FN3OS/c1-12-17(14-3-5-15(18)6-4-14)19-16(23-12)11-20-7-9-21(10-8-20)13(2)22/h3-6H,7-11H2,1-2H3. The first-order valence-corrected chi connectivity index (χ1v) is 8.54. The van der Waals surface area contributed by atoms with Crippen LogP contribution in [0.5, 0.6) is 0 Å². The average molecular weight is 333 g/mol. The third-order valence-electron chi connectivity index (χ3n) is 4.14. The topological polar surface area (TPSA) is 36.4 Å². The molecule has 1 aliphatic rings. The normalized spacial score (nSPS) is 15.9. The second-order valence-corrected chi connectivity index (χ2v) is 7.09. The number of piperazine rings is 1. The molecule has 23 heavy (non-hydrogen) atoms. The lowest BCUT2D eigenvalue weighted by atomic mass is 10.1. The van der Waals surface area contributed by atoms with E-state index in [1.807, 2.05) is 11.8 Å². The molecule has 1 aromatic carbocycles. The van der Waals surface area contributed by atoms with Gasteiger partial charge in [0.15, 0.2) is 0 Å². The zero-order chi connectivity index (χ0) is 16.4. The van der Waals surface area contributed by atoms with Crippen molar-refractivity contribution in [1.29, 1.82) is 0 Å². The fourth-order valence-corrected chi connectivity index (χ4v) is 3.80. The molecule has 0 atom stereocenters. The minimum atomic E-state index is -0.231. The highest BCUT2D eigenvalue weighted by molar-refractivity contribution is 7.12. The first-order valence-electron chi connectivity index (χ1n) is 7.73. The molecule has 0 bridgehead atoms. The highest BCUT2D eigenvalue weighted by atomic mass is 32.1. The number of aryl methyl sites for hydroxylation is 1. The molecule has 4 nitrogen and oxygen atoms in total. The number of carbonyl (C=O) groups excluding carboxylic acids is 1. The summed E-state index contributed by atoms with van der Waals surface area (Å²) in [6.07, 6.45) is 0. The Labute approximate surface area is 139 Å². The van der Waals surface area contributed by atoms with E-state index in [-0.39, 0.29) is 11.7 Å². The maximum atomic E-state index is 13.1. The fraction of sp³-hybridized carbons (Fsp3) is 0.412. The van der Waals surface area contributed by atoms with Crippen molar-refractivity contribution in [3.63, 3.8) is 0 Å². The van der Waals surface area contributed by atoms with Gasteiger partial charge in [-0.3, -0.25) is 9.69 Å². The lowest BCUT2D eigenvalue weighted by Crippen LogP contribution is -2.47. The van der Waals surface area contributed by atoms with Gasteiger partial charge in [-0.1, -0.05) is 0 Å². The van der Waals surface area contributed by atoms with E-state index in [0.717, 1.165) is 53.9 Å². The minimum Gasteiger partial charge on any atom is -0.340 e. The van der Waals surface area contributed by atoms with Gasteiger partial charge in [-0.2, -0.15) is 0 Å². The Morgan fingerprint density at radius 1 is 1.22 bits per heavy atom. The Balaban J connectivity index is 1.67. The number of aromatic nitrogens is 1. The lowest BCUT2D eigenvalue weighted by Gasteiger charge is -2.33. The zero-order valence-corrected chi connectivity index (χ0v) is 14.2. The first-order chi connectivity index (χ1) is 11.0. The summed E-state index contributed by atoms with van der Waals surface area (Å²) in [5.41, 5.74) is 1.89. The SMILES string of the molecule is CC(=O)N1CCN(Cc2nc(-c3ccc(F)cc3)c(C)s2)CC1. The number of nitrogens with zero attached hydrogens (tertiary/aromatic N) is 3. The molecule has 1 amide bonds. The fourth-order valence-electron chi connectivity index (χ4n) is 2.81. The van der Waals surface area contributed by atoms with E-state index in [4.69, 9.17) is 4.98 Å². The molecule has 0 radical (unpaired) electrons. The van der Waals surface area contributed by atoms with Gasteiger partial charge in [0.05, 0.1) is 12.2 Å². The molecule has 1 aromatic heterocycles. The molecular weight excluding hydrogens is 313 g/mol. The number of benzene rings is 1. The van der Waals surface area contributed by atoms with Crippen molar-refractivity contribution in [2.75, 3.05) is 26.2 Å². The van der Waals surface area contributed by atoms with Crippen molar-refractivity contribution in [2.24, 2.45) is 0 Å². The van der Waals surface area contributed by atoms with Gasteiger partial charge in [-0.25, -0.2) is 9.37 Å². The van der Waals surface area contributed by atoms with Crippen LogP contribution in [0.15, 0.2) is 24.3 Å². The van der Waals surface area contributed by atoms with E-state index in [1.54, 1.807) is 30.4 Å². The first kappa shape index (κ1) is 16.1. The average Bonchev–Trinajstić information content (AvgIpc) is 2.89. The van der Waals surface area contributed by atoms with Crippen LogP contribution in [0.25, 0.3) is 11.3 Å². The van der Waals surface area contributed by atoms with E-state index >= 15 is 0 Å². The lowest BCUT2D eigenvalue weighted by molar-refractivity contribution is -0.130. The Bertz CT molecular complexity index is 690. The van der Waals surface area contributed by atoms with Crippen molar-refractivity contribution >= 4 is 17.2 Å². The van der Waals surface area contributed by atoms with Crippen molar-refractivity contribution in [2.45, 2.75) is 20.4 Å². The monoisotopic (exact) mass is 333 g/mol. The van der Waals surface area contributed by atoms with Crippen LogP contribution in [0.3, 0.4) is 0 Å². The molecular formula is C17H20FN3OS. The number of thiazole rings is 1. The zero-order valence-electron chi connectivity index (χ0n) is 13.4.